The Morgan fingerprint density at radius 2 is 2.22 bits per heavy atom. The van der Waals surface area contributed by atoms with E-state index in [9.17, 15) is 4.79 Å². The third kappa shape index (κ3) is 4.16. The van der Waals surface area contributed by atoms with Crippen molar-refractivity contribution < 1.29 is 9.21 Å². The van der Waals surface area contributed by atoms with Crippen molar-refractivity contribution in [2.45, 2.75) is 11.7 Å². The second kappa shape index (κ2) is 7.21. The van der Waals surface area contributed by atoms with E-state index in [0.717, 1.165) is 5.56 Å². The van der Waals surface area contributed by atoms with Gasteiger partial charge in [-0.25, -0.2) is 0 Å². The predicted octanol–water partition coefficient (Wildman–Crippen LogP) is 3.75. The van der Waals surface area contributed by atoms with Crippen molar-refractivity contribution in [2.75, 3.05) is 0 Å². The Balaban J connectivity index is 1.65. The van der Waals surface area contributed by atoms with Crippen LogP contribution >= 0.6 is 35.0 Å². The van der Waals surface area contributed by atoms with Gasteiger partial charge in [0.25, 0.3) is 0 Å². The number of amides is 1. The van der Waals surface area contributed by atoms with Crippen LogP contribution in [-0.2, 0) is 11.2 Å². The van der Waals surface area contributed by atoms with Crippen molar-refractivity contribution in [3.8, 4) is 0 Å². The Labute approximate surface area is 146 Å². The van der Waals surface area contributed by atoms with Gasteiger partial charge in [-0.15, -0.1) is 5.10 Å². The zero-order valence-corrected chi connectivity index (χ0v) is 14.0. The molecular weight excluding hydrogens is 357 g/mol. The molecule has 0 aliphatic carbocycles. The van der Waals surface area contributed by atoms with Crippen molar-refractivity contribution in [1.29, 1.82) is 0 Å². The van der Waals surface area contributed by atoms with Crippen LogP contribution in [0.5, 0.6) is 0 Å². The molecule has 0 radical (unpaired) electrons. The highest BCUT2D eigenvalue weighted by Gasteiger charge is 2.30. The number of benzene rings is 1. The number of amidine groups is 1. The molecule has 1 unspecified atom stereocenters. The summed E-state index contributed by atoms with van der Waals surface area (Å²) in [6, 6.07) is 8.76. The minimum Gasteiger partial charge on any atom is -0.463 e. The van der Waals surface area contributed by atoms with Gasteiger partial charge in [0.05, 0.1) is 17.7 Å². The topological polar surface area (TPSA) is 67.0 Å². The number of thioether (sulfide) groups is 1. The van der Waals surface area contributed by atoms with Crippen LogP contribution in [0.25, 0.3) is 0 Å². The van der Waals surface area contributed by atoms with Crippen molar-refractivity contribution in [3.05, 3.63) is 58.0 Å². The fourth-order valence-corrected chi connectivity index (χ4v) is 3.41. The van der Waals surface area contributed by atoms with Crippen LogP contribution in [0.3, 0.4) is 0 Å². The van der Waals surface area contributed by atoms with E-state index >= 15 is 0 Å². The highest BCUT2D eigenvalue weighted by Crippen LogP contribution is 2.28. The third-order valence-electron chi connectivity index (χ3n) is 3.07. The lowest BCUT2D eigenvalue weighted by atomic mass is 10.1. The molecule has 1 aliphatic rings. The van der Waals surface area contributed by atoms with Gasteiger partial charge < -0.3 is 9.73 Å². The Morgan fingerprint density at radius 3 is 2.96 bits per heavy atom. The van der Waals surface area contributed by atoms with Crippen LogP contribution < -0.4 is 5.32 Å². The number of halogens is 2. The molecule has 1 N–H and O–H groups in total. The number of furan rings is 1. The number of hydrogen-bond donors (Lipinski definition) is 1. The van der Waals surface area contributed by atoms with Gasteiger partial charge in [0.1, 0.15) is 5.76 Å². The van der Waals surface area contributed by atoms with Crippen molar-refractivity contribution in [1.82, 2.24) is 5.32 Å². The van der Waals surface area contributed by atoms with Gasteiger partial charge in [-0.3, -0.25) is 4.79 Å². The van der Waals surface area contributed by atoms with E-state index in [1.54, 1.807) is 30.5 Å². The van der Waals surface area contributed by atoms with Crippen LogP contribution in [0.2, 0.25) is 10.0 Å². The summed E-state index contributed by atoms with van der Waals surface area (Å²) in [6.45, 7) is 0. The van der Waals surface area contributed by atoms with Gasteiger partial charge in [0, 0.05) is 10.0 Å². The largest absolute Gasteiger partial charge is 0.463 e. The molecule has 8 heteroatoms. The molecule has 5 nitrogen and oxygen atoms in total. The van der Waals surface area contributed by atoms with Crippen LogP contribution in [0, 0.1) is 0 Å². The molecular formula is C15H11Cl2N3O2S. The number of hydrogen-bond acceptors (Lipinski definition) is 5. The molecule has 1 aromatic carbocycles. The monoisotopic (exact) mass is 367 g/mol. The smallest absolute Gasteiger partial charge is 0.239 e. The molecule has 1 saturated heterocycles. The number of carbonyl (C=O) groups excluding carboxylic acids is 1. The van der Waals surface area contributed by atoms with Gasteiger partial charge in [0.15, 0.2) is 5.17 Å². The molecule has 2 heterocycles. The minimum absolute atomic E-state index is 0.118. The van der Waals surface area contributed by atoms with Crippen LogP contribution in [-0.4, -0.2) is 22.5 Å². The van der Waals surface area contributed by atoms with Crippen LogP contribution in [0.15, 0.2) is 51.2 Å². The molecule has 0 spiro atoms. The summed E-state index contributed by atoms with van der Waals surface area (Å²) in [5.74, 6) is 0.473. The maximum absolute atomic E-state index is 12.0. The molecule has 1 aromatic heterocycles. The molecule has 3 rings (SSSR count). The predicted molar refractivity (Wildman–Crippen MR) is 93.4 cm³/mol. The van der Waals surface area contributed by atoms with Gasteiger partial charge >= 0.3 is 0 Å². The Hall–Kier alpha value is -1.76. The summed E-state index contributed by atoms with van der Waals surface area (Å²) >= 11 is 13.3. The van der Waals surface area contributed by atoms with Gasteiger partial charge in [-0.1, -0.05) is 41.0 Å². The summed E-state index contributed by atoms with van der Waals surface area (Å²) in [4.78, 5) is 12.0. The fraction of sp³-hybridized carbons (Fsp3) is 0.133. The third-order valence-corrected chi connectivity index (χ3v) is 4.73. The average molecular weight is 368 g/mol. The lowest BCUT2D eigenvalue weighted by molar-refractivity contribution is -0.118. The second-order valence-electron chi connectivity index (χ2n) is 4.70. The quantitative estimate of drug-likeness (QED) is 0.660. The van der Waals surface area contributed by atoms with E-state index < -0.39 is 0 Å². The summed E-state index contributed by atoms with van der Waals surface area (Å²) in [5, 5.41) is 11.8. The summed E-state index contributed by atoms with van der Waals surface area (Å²) in [5.41, 5.74) is 0.865. The number of nitrogens with one attached hydrogen (secondary N) is 1. The molecule has 2 aromatic rings. The lowest BCUT2D eigenvalue weighted by Gasteiger charge is -2.07. The van der Waals surface area contributed by atoms with E-state index in [4.69, 9.17) is 27.6 Å². The Bertz CT molecular complexity index is 775. The number of carbonyl (C=O) groups is 1. The summed E-state index contributed by atoms with van der Waals surface area (Å²) in [6.07, 6.45) is 3.52. The van der Waals surface area contributed by atoms with Gasteiger partial charge in [0.2, 0.25) is 5.91 Å². The summed E-state index contributed by atoms with van der Waals surface area (Å²) < 4.78 is 5.10. The van der Waals surface area contributed by atoms with Crippen LogP contribution in [0.4, 0.5) is 0 Å². The van der Waals surface area contributed by atoms with E-state index in [1.165, 1.54) is 18.0 Å². The zero-order chi connectivity index (χ0) is 16.2. The highest BCUT2D eigenvalue weighted by atomic mass is 35.5. The van der Waals surface area contributed by atoms with E-state index in [1.807, 2.05) is 6.07 Å². The van der Waals surface area contributed by atoms with Crippen molar-refractivity contribution in [2.24, 2.45) is 10.2 Å². The number of nitrogens with zero attached hydrogens (tertiary/aromatic N) is 2. The second-order valence-corrected chi connectivity index (χ2v) is 6.74. The standard InChI is InChI=1S/C15H11Cl2N3O2S/c16-10-4-3-9(12(17)7-10)6-13-14(21)19-15(23-13)20-18-8-11-2-1-5-22-11/h1-5,7-8,13H,6H2,(H,19,20,21). The van der Waals surface area contributed by atoms with Crippen molar-refractivity contribution >= 4 is 52.3 Å². The first-order valence-corrected chi connectivity index (χ1v) is 8.31. The fourth-order valence-electron chi connectivity index (χ4n) is 1.98. The van der Waals surface area contributed by atoms with Crippen LogP contribution in [0.1, 0.15) is 11.3 Å². The first-order chi connectivity index (χ1) is 11.1. The highest BCUT2D eigenvalue weighted by molar-refractivity contribution is 8.15. The Kier molecular flexibility index (Phi) is 5.05. The molecule has 0 bridgehead atoms. The first-order valence-electron chi connectivity index (χ1n) is 6.68. The van der Waals surface area contributed by atoms with Crippen molar-refractivity contribution in [3.63, 3.8) is 0 Å². The molecule has 1 atom stereocenters. The maximum atomic E-state index is 12.0. The first kappa shape index (κ1) is 16.1. The van der Waals surface area contributed by atoms with Gasteiger partial charge in [-0.2, -0.15) is 5.10 Å². The normalized spacial score (nSPS) is 19.7. The Morgan fingerprint density at radius 1 is 1.35 bits per heavy atom. The maximum Gasteiger partial charge on any atom is 0.239 e. The molecule has 1 aliphatic heterocycles. The molecule has 118 valence electrons. The molecule has 1 amide bonds. The molecule has 0 saturated carbocycles. The number of rotatable bonds is 4. The minimum atomic E-state index is -0.300. The molecule has 23 heavy (non-hydrogen) atoms. The molecule has 1 fully saturated rings. The lowest BCUT2D eigenvalue weighted by Crippen LogP contribution is -2.26. The SMILES string of the molecule is O=C1NC(=NN=Cc2ccco2)SC1Cc1ccc(Cl)cc1Cl. The van der Waals surface area contributed by atoms with E-state index in [0.29, 0.717) is 27.4 Å². The summed E-state index contributed by atoms with van der Waals surface area (Å²) in [7, 11) is 0. The zero-order valence-electron chi connectivity index (χ0n) is 11.7. The van der Waals surface area contributed by atoms with E-state index in [-0.39, 0.29) is 11.2 Å². The van der Waals surface area contributed by atoms with E-state index in [2.05, 4.69) is 15.5 Å². The van der Waals surface area contributed by atoms with Gasteiger partial charge in [-0.05, 0) is 36.2 Å². The average Bonchev–Trinajstić information content (AvgIpc) is 3.13.